The molecule has 1 aromatic heterocycles. The van der Waals surface area contributed by atoms with Crippen LogP contribution in [-0.2, 0) is 11.2 Å². The number of carbonyl (C=O) groups excluding carboxylic acids is 1. The summed E-state index contributed by atoms with van der Waals surface area (Å²) in [4.78, 5) is 15.1. The molecule has 1 aromatic rings. The second-order valence-electron chi connectivity index (χ2n) is 5.90. The number of aryl methyl sites for hydroxylation is 1. The highest BCUT2D eigenvalue weighted by molar-refractivity contribution is 7.10. The monoisotopic (exact) mass is 297 g/mol. The Hall–Kier alpha value is -1.03. The van der Waals surface area contributed by atoms with Crippen LogP contribution in [0, 0.1) is 0 Å². The lowest BCUT2D eigenvalue weighted by atomic mass is 10.0. The van der Waals surface area contributed by atoms with Gasteiger partial charge in [0.25, 0.3) is 0 Å². The first-order valence-corrected chi connectivity index (χ1v) is 8.25. The Morgan fingerprint density at radius 3 is 2.70 bits per heavy atom. The third-order valence-electron chi connectivity index (χ3n) is 3.14. The normalized spacial score (nSPS) is 17.0. The maximum Gasteiger partial charge on any atom is 0.410 e. The molecule has 3 nitrogen and oxygen atoms in total. The van der Waals surface area contributed by atoms with E-state index in [1.807, 2.05) is 53.0 Å². The van der Waals surface area contributed by atoms with Crippen LogP contribution in [0.4, 0.5) is 4.79 Å². The first kappa shape index (κ1) is 17.0. The Morgan fingerprint density at radius 1 is 1.45 bits per heavy atom. The number of amides is 1. The molecule has 1 heterocycles. The van der Waals surface area contributed by atoms with Crippen LogP contribution in [-0.4, -0.2) is 30.2 Å². The molecule has 20 heavy (non-hydrogen) atoms. The van der Waals surface area contributed by atoms with Crippen molar-refractivity contribution in [2.75, 3.05) is 13.6 Å². The molecule has 0 saturated heterocycles. The Balaban J connectivity index is 0.000000956. The van der Waals surface area contributed by atoms with Gasteiger partial charge in [-0.25, -0.2) is 4.79 Å². The Bertz CT molecular complexity index is 434. The van der Waals surface area contributed by atoms with Crippen molar-refractivity contribution in [3.63, 3.8) is 0 Å². The van der Waals surface area contributed by atoms with Crippen LogP contribution in [0.3, 0.4) is 0 Å². The minimum Gasteiger partial charge on any atom is -0.444 e. The average Bonchev–Trinajstić information content (AvgIpc) is 2.94. The smallest absolute Gasteiger partial charge is 0.410 e. The molecule has 1 amide bonds. The number of likely N-dealkylation sites (N-methyl/N-ethyl adjacent to an activating group) is 1. The summed E-state index contributed by atoms with van der Waals surface area (Å²) in [5.41, 5.74) is 1.00. The molecule has 4 heteroatoms. The van der Waals surface area contributed by atoms with Gasteiger partial charge in [-0.15, -0.1) is 11.3 Å². The van der Waals surface area contributed by atoms with E-state index in [4.69, 9.17) is 4.74 Å². The summed E-state index contributed by atoms with van der Waals surface area (Å²) in [5, 5.41) is 2.14. The van der Waals surface area contributed by atoms with Crippen LogP contribution in [0.25, 0.3) is 0 Å². The molecule has 1 aliphatic rings. The third-order valence-corrected chi connectivity index (χ3v) is 4.14. The fraction of sp³-hybridized carbons (Fsp3) is 0.688. The number of hydrogen-bond acceptors (Lipinski definition) is 3. The molecule has 2 rings (SSSR count). The van der Waals surface area contributed by atoms with Crippen LogP contribution in [0.1, 0.15) is 57.4 Å². The number of carbonyl (C=O) groups is 1. The Kier molecular flexibility index (Phi) is 6.06. The molecule has 1 aliphatic carbocycles. The minimum absolute atomic E-state index is 0.230. The van der Waals surface area contributed by atoms with Crippen LogP contribution >= 0.6 is 11.3 Å². The standard InChI is InChI=1S/C14H21NO2S.C2H6/c1-14(2,3)17-13(16)15(4)9-10-5-6-12-11(10)7-8-18-12;1-2/h7-8,10H,5-6,9H2,1-4H3;1-2H3. The molecule has 0 aromatic carbocycles. The quantitative estimate of drug-likeness (QED) is 0.794. The number of thiophene rings is 1. The molecule has 0 saturated carbocycles. The van der Waals surface area contributed by atoms with E-state index >= 15 is 0 Å². The van der Waals surface area contributed by atoms with Crippen molar-refractivity contribution >= 4 is 17.4 Å². The van der Waals surface area contributed by atoms with Gasteiger partial charge in [-0.2, -0.15) is 0 Å². The summed E-state index contributed by atoms with van der Waals surface area (Å²) in [5.74, 6) is 0.476. The highest BCUT2D eigenvalue weighted by Gasteiger charge is 2.27. The fourth-order valence-electron chi connectivity index (χ4n) is 2.31. The molecular weight excluding hydrogens is 270 g/mol. The second kappa shape index (κ2) is 7.11. The summed E-state index contributed by atoms with van der Waals surface area (Å²) >= 11 is 1.83. The summed E-state index contributed by atoms with van der Waals surface area (Å²) in [6, 6.07) is 2.20. The van der Waals surface area contributed by atoms with Crippen molar-refractivity contribution in [3.8, 4) is 0 Å². The molecule has 0 spiro atoms. The van der Waals surface area contributed by atoms with Crippen molar-refractivity contribution in [3.05, 3.63) is 21.9 Å². The first-order chi connectivity index (χ1) is 9.37. The van der Waals surface area contributed by atoms with Gasteiger partial charge in [0.2, 0.25) is 0 Å². The predicted molar refractivity (Wildman–Crippen MR) is 85.6 cm³/mol. The summed E-state index contributed by atoms with van der Waals surface area (Å²) in [7, 11) is 1.82. The maximum atomic E-state index is 11.9. The van der Waals surface area contributed by atoms with Crippen LogP contribution in [0.5, 0.6) is 0 Å². The van der Waals surface area contributed by atoms with Gasteiger partial charge in [0.05, 0.1) is 0 Å². The zero-order valence-electron chi connectivity index (χ0n) is 13.5. The molecule has 0 bridgehead atoms. The van der Waals surface area contributed by atoms with Gasteiger partial charge in [-0.05, 0) is 50.6 Å². The lowest BCUT2D eigenvalue weighted by Crippen LogP contribution is -2.36. The largest absolute Gasteiger partial charge is 0.444 e. The fourth-order valence-corrected chi connectivity index (χ4v) is 3.30. The first-order valence-electron chi connectivity index (χ1n) is 7.37. The predicted octanol–water partition coefficient (Wildman–Crippen LogP) is 4.67. The zero-order chi connectivity index (χ0) is 15.3. The molecule has 0 N–H and O–H groups in total. The molecule has 0 fully saturated rings. The summed E-state index contributed by atoms with van der Waals surface area (Å²) in [6.07, 6.45) is 2.07. The van der Waals surface area contributed by atoms with E-state index in [1.54, 1.807) is 4.90 Å². The molecule has 1 unspecified atom stereocenters. The van der Waals surface area contributed by atoms with Gasteiger partial charge in [-0.1, -0.05) is 13.8 Å². The Labute approximate surface area is 126 Å². The molecule has 114 valence electrons. The van der Waals surface area contributed by atoms with Crippen LogP contribution in [0.15, 0.2) is 11.4 Å². The molecular formula is C16H27NO2S. The number of hydrogen-bond donors (Lipinski definition) is 0. The van der Waals surface area contributed by atoms with Gasteiger partial charge in [-0.3, -0.25) is 0 Å². The van der Waals surface area contributed by atoms with E-state index in [1.165, 1.54) is 10.4 Å². The van der Waals surface area contributed by atoms with Crippen LogP contribution < -0.4 is 0 Å². The van der Waals surface area contributed by atoms with E-state index in [9.17, 15) is 4.79 Å². The SMILES string of the molecule is CC.CN(CC1CCc2sccc21)C(=O)OC(C)(C)C. The van der Waals surface area contributed by atoms with Gasteiger partial charge >= 0.3 is 6.09 Å². The lowest BCUT2D eigenvalue weighted by molar-refractivity contribution is 0.0288. The van der Waals surface area contributed by atoms with Crippen molar-refractivity contribution in [1.29, 1.82) is 0 Å². The van der Waals surface area contributed by atoms with E-state index in [-0.39, 0.29) is 6.09 Å². The summed E-state index contributed by atoms with van der Waals surface area (Å²) < 4.78 is 5.37. The van der Waals surface area contributed by atoms with E-state index in [0.29, 0.717) is 5.92 Å². The van der Waals surface area contributed by atoms with E-state index in [0.717, 1.165) is 19.4 Å². The number of ether oxygens (including phenoxy) is 1. The maximum absolute atomic E-state index is 11.9. The molecule has 1 atom stereocenters. The third kappa shape index (κ3) is 4.51. The number of nitrogens with zero attached hydrogens (tertiary/aromatic N) is 1. The Morgan fingerprint density at radius 2 is 2.10 bits per heavy atom. The van der Waals surface area contributed by atoms with Gasteiger partial charge in [0.15, 0.2) is 0 Å². The van der Waals surface area contributed by atoms with E-state index < -0.39 is 5.60 Å². The zero-order valence-corrected chi connectivity index (χ0v) is 14.3. The van der Waals surface area contributed by atoms with Crippen molar-refractivity contribution in [2.24, 2.45) is 0 Å². The van der Waals surface area contributed by atoms with Crippen molar-refractivity contribution in [2.45, 2.75) is 59.0 Å². The van der Waals surface area contributed by atoms with Gasteiger partial charge in [0, 0.05) is 24.4 Å². The molecule has 0 radical (unpaired) electrons. The average molecular weight is 297 g/mol. The molecule has 0 aliphatic heterocycles. The van der Waals surface area contributed by atoms with Crippen LogP contribution in [0.2, 0.25) is 0 Å². The van der Waals surface area contributed by atoms with E-state index in [2.05, 4.69) is 11.4 Å². The topological polar surface area (TPSA) is 29.5 Å². The number of fused-ring (bicyclic) bond motifs is 1. The van der Waals surface area contributed by atoms with Crippen molar-refractivity contribution < 1.29 is 9.53 Å². The highest BCUT2D eigenvalue weighted by Crippen LogP contribution is 2.36. The van der Waals surface area contributed by atoms with Crippen molar-refractivity contribution in [1.82, 2.24) is 4.90 Å². The highest BCUT2D eigenvalue weighted by atomic mass is 32.1. The lowest BCUT2D eigenvalue weighted by Gasteiger charge is -2.26. The van der Waals surface area contributed by atoms with Gasteiger partial charge < -0.3 is 9.64 Å². The number of rotatable bonds is 2. The summed E-state index contributed by atoms with van der Waals surface area (Å²) in [6.45, 7) is 10.4. The minimum atomic E-state index is -0.422. The van der Waals surface area contributed by atoms with Gasteiger partial charge in [0.1, 0.15) is 5.60 Å². The second-order valence-corrected chi connectivity index (χ2v) is 6.90.